The van der Waals surface area contributed by atoms with Gasteiger partial charge in [-0.1, -0.05) is 26.7 Å². The molecule has 3 nitrogen and oxygen atoms in total. The van der Waals surface area contributed by atoms with E-state index in [1.807, 2.05) is 0 Å². The molecule has 3 heteroatoms. The maximum Gasteiger partial charge on any atom is 0.0590 e. The van der Waals surface area contributed by atoms with Crippen LogP contribution in [0, 0.1) is 5.92 Å². The number of hydrogen-bond acceptors (Lipinski definition) is 3. The first-order valence-corrected chi connectivity index (χ1v) is 7.87. The highest BCUT2D eigenvalue weighted by Crippen LogP contribution is 2.19. The third-order valence-electron chi connectivity index (χ3n) is 3.95. The summed E-state index contributed by atoms with van der Waals surface area (Å²) < 4.78 is 5.52. The number of nitrogens with one attached hydrogen (secondary N) is 1. The van der Waals surface area contributed by atoms with Gasteiger partial charge in [0.2, 0.25) is 0 Å². The number of piperidine rings is 1. The highest BCUT2D eigenvalue weighted by atomic mass is 16.5. The molecule has 0 saturated carbocycles. The molecule has 1 aliphatic rings. The molecule has 0 aliphatic carbocycles. The van der Waals surface area contributed by atoms with Gasteiger partial charge in [0.15, 0.2) is 0 Å². The van der Waals surface area contributed by atoms with Crippen LogP contribution in [0.3, 0.4) is 0 Å². The van der Waals surface area contributed by atoms with Crippen LogP contribution in [-0.4, -0.2) is 50.8 Å². The van der Waals surface area contributed by atoms with Crippen molar-refractivity contribution in [2.75, 3.05) is 45.9 Å². The molecule has 1 aliphatic heterocycles. The van der Waals surface area contributed by atoms with Crippen LogP contribution in [0.15, 0.2) is 0 Å². The van der Waals surface area contributed by atoms with Gasteiger partial charge in [0.25, 0.3) is 0 Å². The minimum absolute atomic E-state index is 0.859. The van der Waals surface area contributed by atoms with Crippen LogP contribution < -0.4 is 5.32 Å². The SMILES string of the molecule is CCCCOCCNCCN1CCC(CC)CC1. The van der Waals surface area contributed by atoms with Crippen LogP contribution in [0.25, 0.3) is 0 Å². The molecule has 0 radical (unpaired) electrons. The smallest absolute Gasteiger partial charge is 0.0590 e. The fourth-order valence-corrected chi connectivity index (χ4v) is 2.47. The Kier molecular flexibility index (Phi) is 9.54. The highest BCUT2D eigenvalue weighted by Gasteiger charge is 2.16. The van der Waals surface area contributed by atoms with Crippen LogP contribution in [-0.2, 0) is 4.74 Å². The number of unbranched alkanes of at least 4 members (excludes halogenated alkanes) is 1. The van der Waals surface area contributed by atoms with E-state index in [0.717, 1.165) is 32.2 Å². The third-order valence-corrected chi connectivity index (χ3v) is 3.95. The Bertz CT molecular complexity index is 179. The number of ether oxygens (including phenoxy) is 1. The van der Waals surface area contributed by atoms with E-state index in [1.165, 1.54) is 51.7 Å². The van der Waals surface area contributed by atoms with Gasteiger partial charge >= 0.3 is 0 Å². The van der Waals surface area contributed by atoms with Gasteiger partial charge in [0, 0.05) is 26.2 Å². The first-order valence-electron chi connectivity index (χ1n) is 7.87. The number of nitrogens with zero attached hydrogens (tertiary/aromatic N) is 1. The molecule has 0 unspecified atom stereocenters. The molecule has 1 saturated heterocycles. The molecule has 0 aromatic carbocycles. The molecule has 1 fully saturated rings. The molecule has 0 spiro atoms. The second-order valence-electron chi connectivity index (χ2n) is 5.41. The van der Waals surface area contributed by atoms with E-state index < -0.39 is 0 Å². The summed E-state index contributed by atoms with van der Waals surface area (Å²) in [5, 5.41) is 3.47. The van der Waals surface area contributed by atoms with E-state index in [1.54, 1.807) is 0 Å². The Labute approximate surface area is 113 Å². The zero-order valence-electron chi connectivity index (χ0n) is 12.4. The zero-order chi connectivity index (χ0) is 13.1. The molecule has 0 amide bonds. The number of rotatable bonds is 10. The molecular formula is C15H32N2O. The molecule has 1 heterocycles. The van der Waals surface area contributed by atoms with E-state index >= 15 is 0 Å². The summed E-state index contributed by atoms with van der Waals surface area (Å²) in [6, 6.07) is 0. The van der Waals surface area contributed by atoms with Gasteiger partial charge < -0.3 is 15.0 Å². The van der Waals surface area contributed by atoms with Crippen molar-refractivity contribution in [3.05, 3.63) is 0 Å². The van der Waals surface area contributed by atoms with Crippen LogP contribution >= 0.6 is 0 Å². The van der Waals surface area contributed by atoms with Crippen LogP contribution in [0.1, 0.15) is 46.0 Å². The van der Waals surface area contributed by atoms with Crippen molar-refractivity contribution in [1.29, 1.82) is 0 Å². The zero-order valence-corrected chi connectivity index (χ0v) is 12.4. The molecule has 18 heavy (non-hydrogen) atoms. The summed E-state index contributed by atoms with van der Waals surface area (Å²) in [6.45, 7) is 12.2. The molecular weight excluding hydrogens is 224 g/mol. The van der Waals surface area contributed by atoms with Gasteiger partial charge in [-0.25, -0.2) is 0 Å². The normalized spacial score (nSPS) is 18.3. The summed E-state index contributed by atoms with van der Waals surface area (Å²) in [6.07, 6.45) is 6.57. The second kappa shape index (κ2) is 10.8. The Morgan fingerprint density at radius 2 is 1.89 bits per heavy atom. The highest BCUT2D eigenvalue weighted by molar-refractivity contribution is 4.71. The first kappa shape index (κ1) is 15.9. The quantitative estimate of drug-likeness (QED) is 0.608. The molecule has 0 aromatic heterocycles. The van der Waals surface area contributed by atoms with Gasteiger partial charge in [-0.2, -0.15) is 0 Å². The minimum atomic E-state index is 0.859. The maximum atomic E-state index is 5.52. The minimum Gasteiger partial charge on any atom is -0.380 e. The molecule has 1 rings (SSSR count). The van der Waals surface area contributed by atoms with Crippen molar-refractivity contribution in [2.45, 2.75) is 46.0 Å². The van der Waals surface area contributed by atoms with Gasteiger partial charge in [-0.05, 0) is 38.3 Å². The summed E-state index contributed by atoms with van der Waals surface area (Å²) in [5.74, 6) is 0.987. The van der Waals surface area contributed by atoms with Gasteiger partial charge in [-0.15, -0.1) is 0 Å². The van der Waals surface area contributed by atoms with Crippen molar-refractivity contribution >= 4 is 0 Å². The lowest BCUT2D eigenvalue weighted by Crippen LogP contribution is -2.38. The van der Waals surface area contributed by atoms with Gasteiger partial charge in [0.05, 0.1) is 6.61 Å². The fraction of sp³-hybridized carbons (Fsp3) is 1.00. The molecule has 0 atom stereocenters. The first-order chi connectivity index (χ1) is 8.86. The summed E-state index contributed by atoms with van der Waals surface area (Å²) >= 11 is 0. The monoisotopic (exact) mass is 256 g/mol. The number of likely N-dealkylation sites (tertiary alicyclic amines) is 1. The van der Waals surface area contributed by atoms with Crippen LogP contribution in [0.2, 0.25) is 0 Å². The van der Waals surface area contributed by atoms with Gasteiger partial charge in [0.1, 0.15) is 0 Å². The lowest BCUT2D eigenvalue weighted by atomic mass is 9.94. The lowest BCUT2D eigenvalue weighted by molar-refractivity contribution is 0.131. The van der Waals surface area contributed by atoms with Crippen LogP contribution in [0.4, 0.5) is 0 Å². The molecule has 0 bridgehead atoms. The maximum absolute atomic E-state index is 5.52. The summed E-state index contributed by atoms with van der Waals surface area (Å²) in [7, 11) is 0. The number of hydrogen-bond donors (Lipinski definition) is 1. The predicted octanol–water partition coefficient (Wildman–Crippen LogP) is 2.51. The van der Waals surface area contributed by atoms with E-state index in [0.29, 0.717) is 0 Å². The van der Waals surface area contributed by atoms with E-state index in [-0.39, 0.29) is 0 Å². The Balaban J connectivity index is 1.84. The topological polar surface area (TPSA) is 24.5 Å². The van der Waals surface area contributed by atoms with E-state index in [2.05, 4.69) is 24.1 Å². The lowest BCUT2D eigenvalue weighted by Gasteiger charge is -2.31. The average molecular weight is 256 g/mol. The van der Waals surface area contributed by atoms with Crippen molar-refractivity contribution in [2.24, 2.45) is 5.92 Å². The molecule has 1 N–H and O–H groups in total. The standard InChI is InChI=1S/C15H32N2O/c1-3-5-13-18-14-9-16-8-12-17-10-6-15(4-2)7-11-17/h15-16H,3-14H2,1-2H3. The van der Waals surface area contributed by atoms with Gasteiger partial charge in [-0.3, -0.25) is 0 Å². The fourth-order valence-electron chi connectivity index (χ4n) is 2.47. The summed E-state index contributed by atoms with van der Waals surface area (Å²) in [4.78, 5) is 2.59. The van der Waals surface area contributed by atoms with Crippen molar-refractivity contribution in [1.82, 2.24) is 10.2 Å². The summed E-state index contributed by atoms with van der Waals surface area (Å²) in [5.41, 5.74) is 0. The Hall–Kier alpha value is -0.120. The van der Waals surface area contributed by atoms with E-state index in [9.17, 15) is 0 Å². The molecule has 0 aromatic rings. The Morgan fingerprint density at radius 3 is 2.56 bits per heavy atom. The predicted molar refractivity (Wildman–Crippen MR) is 78.1 cm³/mol. The van der Waals surface area contributed by atoms with Crippen LogP contribution in [0.5, 0.6) is 0 Å². The second-order valence-corrected chi connectivity index (χ2v) is 5.41. The average Bonchev–Trinajstić information content (AvgIpc) is 2.42. The van der Waals surface area contributed by atoms with E-state index in [4.69, 9.17) is 4.74 Å². The van der Waals surface area contributed by atoms with Crippen molar-refractivity contribution in [3.63, 3.8) is 0 Å². The largest absolute Gasteiger partial charge is 0.380 e. The third kappa shape index (κ3) is 7.34. The van der Waals surface area contributed by atoms with Crippen molar-refractivity contribution in [3.8, 4) is 0 Å². The Morgan fingerprint density at radius 1 is 1.11 bits per heavy atom. The van der Waals surface area contributed by atoms with Crippen molar-refractivity contribution < 1.29 is 4.74 Å². The molecule has 108 valence electrons.